The Morgan fingerprint density at radius 1 is 1.04 bits per heavy atom. The molecule has 1 rings (SSSR count). The summed E-state index contributed by atoms with van der Waals surface area (Å²) in [6, 6.07) is 8.54. The van der Waals surface area contributed by atoms with E-state index in [-0.39, 0.29) is 30.3 Å². The minimum absolute atomic E-state index is 0.00657. The molecule has 4 atom stereocenters. The molecule has 0 spiro atoms. The first-order valence-electron chi connectivity index (χ1n) is 9.69. The van der Waals surface area contributed by atoms with Crippen molar-refractivity contribution >= 4 is 6.09 Å². The molecule has 154 valence electrons. The number of amides is 1. The molecule has 1 aromatic carbocycles. The van der Waals surface area contributed by atoms with Crippen molar-refractivity contribution in [2.45, 2.75) is 84.2 Å². The van der Waals surface area contributed by atoms with Crippen LogP contribution in [0.25, 0.3) is 0 Å². The van der Waals surface area contributed by atoms with E-state index in [1.165, 1.54) is 11.1 Å². The normalized spacial score (nSPS) is 16.3. The fourth-order valence-electron chi connectivity index (χ4n) is 3.03. The second-order valence-electron chi connectivity index (χ2n) is 8.32. The predicted molar refractivity (Wildman–Crippen MR) is 109 cm³/mol. The largest absolute Gasteiger partial charge is 0.444 e. The summed E-state index contributed by atoms with van der Waals surface area (Å²) in [5.74, 6) is 0.274. The van der Waals surface area contributed by atoms with Crippen LogP contribution < -0.4 is 5.32 Å². The highest BCUT2D eigenvalue weighted by Crippen LogP contribution is 2.28. The molecule has 0 heterocycles. The average Bonchev–Trinajstić information content (AvgIpc) is 2.57. The van der Waals surface area contributed by atoms with Crippen LogP contribution in [0, 0.1) is 0 Å². The van der Waals surface area contributed by atoms with Gasteiger partial charge in [-0.05, 0) is 65.5 Å². The van der Waals surface area contributed by atoms with E-state index in [1.54, 1.807) is 14.2 Å². The van der Waals surface area contributed by atoms with E-state index >= 15 is 0 Å². The summed E-state index contributed by atoms with van der Waals surface area (Å²) in [7, 11) is 3.48. The maximum atomic E-state index is 11.9. The Bertz CT molecular complexity index is 565. The third-order valence-electron chi connectivity index (χ3n) is 4.64. The van der Waals surface area contributed by atoms with Gasteiger partial charge < -0.3 is 19.5 Å². The summed E-state index contributed by atoms with van der Waals surface area (Å²) < 4.78 is 16.3. The first-order valence-corrected chi connectivity index (χ1v) is 9.69. The zero-order valence-corrected chi connectivity index (χ0v) is 18.2. The van der Waals surface area contributed by atoms with Crippen molar-refractivity contribution in [3.8, 4) is 0 Å². The topological polar surface area (TPSA) is 56.8 Å². The lowest BCUT2D eigenvalue weighted by Crippen LogP contribution is -2.38. The molecule has 1 aromatic rings. The second kappa shape index (κ2) is 10.7. The lowest BCUT2D eigenvalue weighted by Gasteiger charge is -2.26. The van der Waals surface area contributed by atoms with Gasteiger partial charge in [0.15, 0.2) is 0 Å². The third kappa shape index (κ3) is 8.76. The van der Waals surface area contributed by atoms with Crippen LogP contribution >= 0.6 is 0 Å². The average molecular weight is 380 g/mol. The van der Waals surface area contributed by atoms with Gasteiger partial charge in [-0.25, -0.2) is 4.79 Å². The molecule has 5 heteroatoms. The van der Waals surface area contributed by atoms with Crippen LogP contribution in [-0.4, -0.2) is 44.2 Å². The molecule has 5 nitrogen and oxygen atoms in total. The third-order valence-corrected chi connectivity index (χ3v) is 4.64. The molecular weight excluding hydrogens is 342 g/mol. The van der Waals surface area contributed by atoms with Crippen molar-refractivity contribution in [3.63, 3.8) is 0 Å². The number of methoxy groups -OCH3 is 2. The molecule has 0 aromatic heterocycles. The molecule has 0 fully saturated rings. The van der Waals surface area contributed by atoms with Gasteiger partial charge in [-0.2, -0.15) is 0 Å². The van der Waals surface area contributed by atoms with Crippen LogP contribution in [0.2, 0.25) is 0 Å². The van der Waals surface area contributed by atoms with E-state index in [1.807, 2.05) is 27.7 Å². The number of rotatable bonds is 9. The maximum absolute atomic E-state index is 11.9. The number of benzene rings is 1. The Kier molecular flexibility index (Phi) is 9.27. The minimum Gasteiger partial charge on any atom is -0.444 e. The van der Waals surface area contributed by atoms with Gasteiger partial charge in [-0.3, -0.25) is 0 Å². The molecule has 0 saturated carbocycles. The first kappa shape index (κ1) is 23.4. The monoisotopic (exact) mass is 379 g/mol. The van der Waals surface area contributed by atoms with E-state index in [0.717, 1.165) is 12.8 Å². The number of hydrogen-bond donors (Lipinski definition) is 1. The molecule has 1 amide bonds. The highest BCUT2D eigenvalue weighted by atomic mass is 16.6. The SMILES string of the molecule is COC(C)CC(c1ccc(CC(C)NC(=O)OC(C)(C)C)cc1)C(C)OC. The Morgan fingerprint density at radius 2 is 1.63 bits per heavy atom. The highest BCUT2D eigenvalue weighted by Gasteiger charge is 2.22. The molecule has 27 heavy (non-hydrogen) atoms. The van der Waals surface area contributed by atoms with Gasteiger partial charge in [-0.15, -0.1) is 0 Å². The number of hydrogen-bond acceptors (Lipinski definition) is 4. The van der Waals surface area contributed by atoms with Crippen LogP contribution in [-0.2, 0) is 20.6 Å². The van der Waals surface area contributed by atoms with Gasteiger partial charge in [0.05, 0.1) is 12.2 Å². The number of ether oxygens (including phenoxy) is 3. The summed E-state index contributed by atoms with van der Waals surface area (Å²) in [4.78, 5) is 11.9. The Hall–Kier alpha value is -1.59. The Labute approximate surface area is 164 Å². The van der Waals surface area contributed by atoms with Crippen LogP contribution in [0.5, 0.6) is 0 Å². The second-order valence-corrected chi connectivity index (χ2v) is 8.32. The van der Waals surface area contributed by atoms with Crippen molar-refractivity contribution in [3.05, 3.63) is 35.4 Å². The van der Waals surface area contributed by atoms with Crippen molar-refractivity contribution in [1.82, 2.24) is 5.32 Å². The molecule has 0 bridgehead atoms. The zero-order valence-electron chi connectivity index (χ0n) is 18.2. The summed E-state index contributed by atoms with van der Waals surface area (Å²) in [6.07, 6.45) is 1.56. The smallest absolute Gasteiger partial charge is 0.407 e. The highest BCUT2D eigenvalue weighted by molar-refractivity contribution is 5.68. The van der Waals surface area contributed by atoms with Gasteiger partial charge in [-0.1, -0.05) is 24.3 Å². The zero-order chi connectivity index (χ0) is 20.6. The van der Waals surface area contributed by atoms with Crippen molar-refractivity contribution in [2.24, 2.45) is 0 Å². The van der Waals surface area contributed by atoms with Crippen LogP contribution in [0.3, 0.4) is 0 Å². The van der Waals surface area contributed by atoms with E-state index < -0.39 is 5.60 Å². The van der Waals surface area contributed by atoms with E-state index in [4.69, 9.17) is 14.2 Å². The Morgan fingerprint density at radius 3 is 2.11 bits per heavy atom. The summed E-state index contributed by atoms with van der Waals surface area (Å²) in [5, 5.41) is 2.89. The number of carbonyl (C=O) groups excluding carboxylic acids is 1. The number of carbonyl (C=O) groups is 1. The van der Waals surface area contributed by atoms with Gasteiger partial charge >= 0.3 is 6.09 Å². The Balaban J connectivity index is 2.72. The van der Waals surface area contributed by atoms with Gasteiger partial charge in [0.2, 0.25) is 0 Å². The van der Waals surface area contributed by atoms with Gasteiger partial charge in [0.1, 0.15) is 5.60 Å². The van der Waals surface area contributed by atoms with Crippen LogP contribution in [0.1, 0.15) is 65.0 Å². The van der Waals surface area contributed by atoms with Crippen molar-refractivity contribution in [1.29, 1.82) is 0 Å². The van der Waals surface area contributed by atoms with E-state index in [2.05, 4.69) is 43.4 Å². The lowest BCUT2D eigenvalue weighted by molar-refractivity contribution is 0.0508. The fourth-order valence-corrected chi connectivity index (χ4v) is 3.03. The minimum atomic E-state index is -0.488. The predicted octanol–water partition coefficient (Wildman–Crippen LogP) is 4.69. The van der Waals surface area contributed by atoms with E-state index in [0.29, 0.717) is 0 Å². The standard InChI is InChI=1S/C22H37NO4/c1-15(23-21(24)27-22(4,5)6)13-18-9-11-19(12-10-18)20(17(3)26-8)14-16(2)25-7/h9-12,15-17,20H,13-14H2,1-8H3,(H,23,24). The summed E-state index contributed by atoms with van der Waals surface area (Å²) in [5.41, 5.74) is 1.92. The molecule has 0 radical (unpaired) electrons. The van der Waals surface area contributed by atoms with E-state index in [9.17, 15) is 4.79 Å². The van der Waals surface area contributed by atoms with Crippen molar-refractivity contribution < 1.29 is 19.0 Å². The fraction of sp³-hybridized carbons (Fsp3) is 0.682. The molecule has 1 N–H and O–H groups in total. The molecule has 0 aliphatic rings. The van der Waals surface area contributed by atoms with Crippen LogP contribution in [0.4, 0.5) is 4.79 Å². The lowest BCUT2D eigenvalue weighted by atomic mass is 9.88. The molecular formula is C22H37NO4. The van der Waals surface area contributed by atoms with Crippen LogP contribution in [0.15, 0.2) is 24.3 Å². The quantitative estimate of drug-likeness (QED) is 0.676. The summed E-state index contributed by atoms with van der Waals surface area (Å²) >= 11 is 0. The number of nitrogens with one attached hydrogen (secondary N) is 1. The van der Waals surface area contributed by atoms with Gasteiger partial charge in [0, 0.05) is 26.2 Å². The molecule has 4 unspecified atom stereocenters. The maximum Gasteiger partial charge on any atom is 0.407 e. The van der Waals surface area contributed by atoms with Gasteiger partial charge in [0.25, 0.3) is 0 Å². The van der Waals surface area contributed by atoms with Crippen molar-refractivity contribution in [2.75, 3.05) is 14.2 Å². The summed E-state index contributed by atoms with van der Waals surface area (Å²) in [6.45, 7) is 11.7. The molecule has 0 aliphatic carbocycles. The molecule has 0 saturated heterocycles. The number of alkyl carbamates (subject to hydrolysis) is 1. The molecule has 0 aliphatic heterocycles. The first-order chi connectivity index (χ1) is 12.6.